The summed E-state index contributed by atoms with van der Waals surface area (Å²) in [6, 6.07) is 1.40. The van der Waals surface area contributed by atoms with Gasteiger partial charge >= 0.3 is 30.2 Å². The largest absolute Gasteiger partial charge is 0.478 e. The summed E-state index contributed by atoms with van der Waals surface area (Å²) < 4.78 is 105. The number of carboxylic acid groups (broad SMARTS) is 2. The molecule has 0 amide bonds. The fourth-order valence-electron chi connectivity index (χ4n) is 1.96. The number of hydrogen-bond donors (Lipinski definition) is 3. The van der Waals surface area contributed by atoms with E-state index in [1.165, 1.54) is 6.07 Å². The summed E-state index contributed by atoms with van der Waals surface area (Å²) in [6.07, 6.45) is -10.7. The second kappa shape index (κ2) is 11.4. The zero-order chi connectivity index (χ0) is 25.3. The third-order valence-corrected chi connectivity index (χ3v) is 3.27. The molecule has 0 bridgehead atoms. The number of aliphatic carboxylic acids is 2. The second-order valence-corrected chi connectivity index (χ2v) is 5.64. The van der Waals surface area contributed by atoms with E-state index in [2.05, 4.69) is 4.74 Å². The number of nitrogens with two attached hydrogens (primary N) is 1. The quantitative estimate of drug-likeness (QED) is 0.373. The molecule has 0 aromatic rings. The lowest BCUT2D eigenvalue weighted by atomic mass is 10.1. The van der Waals surface area contributed by atoms with Crippen molar-refractivity contribution in [1.29, 1.82) is 5.26 Å². The average molecular weight is 481 g/mol. The molecule has 180 valence electrons. The molecule has 0 saturated heterocycles. The zero-order valence-electron chi connectivity index (χ0n) is 15.6. The second-order valence-electron chi connectivity index (χ2n) is 5.64. The average Bonchev–Trinajstić information content (AvgIpc) is 2.63. The van der Waals surface area contributed by atoms with Gasteiger partial charge in [0.1, 0.15) is 12.3 Å². The Labute approximate surface area is 174 Å². The fourth-order valence-corrected chi connectivity index (χ4v) is 1.96. The van der Waals surface area contributed by atoms with Gasteiger partial charge in [0.05, 0.1) is 11.6 Å². The molecule has 1 aliphatic rings. The van der Waals surface area contributed by atoms with E-state index in [0.717, 1.165) is 0 Å². The molecule has 0 saturated carbocycles. The van der Waals surface area contributed by atoms with Crippen LogP contribution >= 0.6 is 0 Å². The van der Waals surface area contributed by atoms with Gasteiger partial charge in [-0.1, -0.05) is 0 Å². The van der Waals surface area contributed by atoms with Crippen LogP contribution in [0, 0.1) is 11.3 Å². The standard InChI is InChI=1S/C12H11F8N3O.C4H4O4/c13-10(14,12(18,19)20)6-24-9-7(5-22)1-2-8(11(15,16)17)23(9)4-3-21;5-3(6)1-2-4(7)8/h1-2,9H,3-4,6,21H2;1-2H,(H,5,6)(H,7,8). The molecular weight excluding hydrogens is 466 g/mol. The summed E-state index contributed by atoms with van der Waals surface area (Å²) in [5, 5.41) is 24.5. The fraction of sp³-hybridized carbons (Fsp3) is 0.438. The van der Waals surface area contributed by atoms with Crippen LogP contribution in [0.2, 0.25) is 0 Å². The Morgan fingerprint density at radius 2 is 1.59 bits per heavy atom. The number of hydrogen-bond acceptors (Lipinski definition) is 6. The molecule has 0 aliphatic carbocycles. The van der Waals surface area contributed by atoms with E-state index >= 15 is 0 Å². The van der Waals surface area contributed by atoms with E-state index < -0.39 is 60.9 Å². The van der Waals surface area contributed by atoms with E-state index in [4.69, 9.17) is 21.2 Å². The maximum absolute atomic E-state index is 12.9. The van der Waals surface area contributed by atoms with Gasteiger partial charge in [-0.15, -0.1) is 0 Å². The molecule has 0 aromatic heterocycles. The molecule has 1 heterocycles. The van der Waals surface area contributed by atoms with Crippen LogP contribution in [-0.2, 0) is 14.3 Å². The Morgan fingerprint density at radius 1 is 1.09 bits per heavy atom. The van der Waals surface area contributed by atoms with Crippen LogP contribution in [0.15, 0.2) is 35.6 Å². The van der Waals surface area contributed by atoms with Gasteiger partial charge < -0.3 is 25.6 Å². The zero-order valence-corrected chi connectivity index (χ0v) is 15.6. The highest BCUT2D eigenvalue weighted by molar-refractivity contribution is 5.89. The van der Waals surface area contributed by atoms with Crippen molar-refractivity contribution in [3.8, 4) is 6.07 Å². The molecule has 4 N–H and O–H groups in total. The van der Waals surface area contributed by atoms with Crippen LogP contribution in [0.1, 0.15) is 0 Å². The lowest BCUT2D eigenvalue weighted by Crippen LogP contribution is -2.49. The van der Waals surface area contributed by atoms with Crippen molar-refractivity contribution in [2.45, 2.75) is 24.5 Å². The first-order valence-electron chi connectivity index (χ1n) is 8.04. The normalized spacial score (nSPS) is 17.1. The summed E-state index contributed by atoms with van der Waals surface area (Å²) in [4.78, 5) is 19.4. The molecule has 0 aromatic carbocycles. The van der Waals surface area contributed by atoms with Crippen molar-refractivity contribution in [3.05, 3.63) is 35.6 Å². The molecule has 1 unspecified atom stereocenters. The summed E-state index contributed by atoms with van der Waals surface area (Å²) in [7, 11) is 0. The number of rotatable bonds is 7. The van der Waals surface area contributed by atoms with Crippen LogP contribution in [0.5, 0.6) is 0 Å². The van der Waals surface area contributed by atoms with Crippen LogP contribution in [0.3, 0.4) is 0 Å². The predicted octanol–water partition coefficient (Wildman–Crippen LogP) is 2.41. The number of halogens is 8. The van der Waals surface area contributed by atoms with E-state index in [1.807, 2.05) is 0 Å². The first-order chi connectivity index (χ1) is 14.5. The van der Waals surface area contributed by atoms with Crippen LogP contribution in [0.25, 0.3) is 0 Å². The smallest absolute Gasteiger partial charge is 0.455 e. The minimum atomic E-state index is -5.94. The van der Waals surface area contributed by atoms with Gasteiger partial charge in [0.15, 0.2) is 6.23 Å². The molecule has 8 nitrogen and oxygen atoms in total. The summed E-state index contributed by atoms with van der Waals surface area (Å²) >= 11 is 0. The molecule has 0 fully saturated rings. The SMILES string of the molecule is N#CC1=CC=C(C(F)(F)F)N(CCN)C1OCC(F)(F)C(F)(F)F.O=C(O)C=CC(=O)O. The minimum Gasteiger partial charge on any atom is -0.478 e. The van der Waals surface area contributed by atoms with Gasteiger partial charge in [-0.05, 0) is 12.2 Å². The highest BCUT2D eigenvalue weighted by Crippen LogP contribution is 2.38. The Balaban J connectivity index is 0.00000102. The van der Waals surface area contributed by atoms with Gasteiger partial charge in [-0.2, -0.15) is 40.4 Å². The Morgan fingerprint density at radius 3 is 1.94 bits per heavy atom. The van der Waals surface area contributed by atoms with Crippen molar-refractivity contribution in [3.63, 3.8) is 0 Å². The Bertz CT molecular complexity index is 796. The Kier molecular flexibility index (Phi) is 10.3. The molecule has 16 heteroatoms. The predicted molar refractivity (Wildman–Crippen MR) is 88.7 cm³/mol. The van der Waals surface area contributed by atoms with Crippen molar-refractivity contribution in [1.82, 2.24) is 4.90 Å². The number of nitriles is 1. The van der Waals surface area contributed by atoms with Gasteiger partial charge in [-0.25, -0.2) is 9.59 Å². The van der Waals surface area contributed by atoms with Crippen LogP contribution in [0.4, 0.5) is 35.1 Å². The number of allylic oxidation sites excluding steroid dienone is 3. The van der Waals surface area contributed by atoms with Gasteiger partial charge in [0, 0.05) is 25.2 Å². The number of carbonyl (C=O) groups is 2. The van der Waals surface area contributed by atoms with E-state index in [1.54, 1.807) is 0 Å². The maximum atomic E-state index is 12.9. The molecule has 0 radical (unpaired) electrons. The van der Waals surface area contributed by atoms with Crippen molar-refractivity contribution in [2.75, 3.05) is 19.7 Å². The molecule has 0 spiro atoms. The minimum absolute atomic E-state index is 0.324. The van der Waals surface area contributed by atoms with Gasteiger partial charge in [0.2, 0.25) is 0 Å². The first-order valence-corrected chi connectivity index (χ1v) is 8.04. The van der Waals surface area contributed by atoms with Crippen molar-refractivity contribution in [2.24, 2.45) is 5.73 Å². The van der Waals surface area contributed by atoms with Gasteiger partial charge in [0.25, 0.3) is 0 Å². The Hall–Kier alpha value is -3.19. The number of carboxylic acids is 2. The van der Waals surface area contributed by atoms with E-state index in [9.17, 15) is 44.7 Å². The van der Waals surface area contributed by atoms with E-state index in [0.29, 0.717) is 29.2 Å². The highest BCUT2D eigenvalue weighted by Gasteiger charge is 2.58. The summed E-state index contributed by atoms with van der Waals surface area (Å²) in [5.74, 6) is -7.80. The van der Waals surface area contributed by atoms with Crippen molar-refractivity contribution < 1.29 is 59.7 Å². The highest BCUT2D eigenvalue weighted by atomic mass is 19.4. The lowest BCUT2D eigenvalue weighted by molar-refractivity contribution is -0.302. The summed E-state index contributed by atoms with van der Waals surface area (Å²) in [5.41, 5.74) is 3.21. The maximum Gasteiger partial charge on any atom is 0.455 e. The third-order valence-electron chi connectivity index (χ3n) is 3.27. The first kappa shape index (κ1) is 28.8. The molecule has 1 rings (SSSR count). The summed E-state index contributed by atoms with van der Waals surface area (Å²) in [6.45, 7) is -3.21. The number of nitrogens with zero attached hydrogens (tertiary/aromatic N) is 2. The third kappa shape index (κ3) is 8.89. The van der Waals surface area contributed by atoms with Gasteiger partial charge in [-0.3, -0.25) is 0 Å². The monoisotopic (exact) mass is 481 g/mol. The van der Waals surface area contributed by atoms with Crippen LogP contribution < -0.4 is 5.73 Å². The van der Waals surface area contributed by atoms with Crippen molar-refractivity contribution >= 4 is 11.9 Å². The number of alkyl halides is 8. The number of ether oxygens (including phenoxy) is 1. The lowest BCUT2D eigenvalue weighted by Gasteiger charge is -2.37. The molecule has 1 atom stereocenters. The molecule has 32 heavy (non-hydrogen) atoms. The van der Waals surface area contributed by atoms with Crippen LogP contribution in [-0.4, -0.2) is 71.3 Å². The van der Waals surface area contributed by atoms with E-state index in [-0.39, 0.29) is 6.54 Å². The topological polar surface area (TPSA) is 137 Å². The molecule has 1 aliphatic heterocycles. The molecular formula is C16H15F8N3O5.